The molecular formula is C18H33O6PS. The highest BCUT2D eigenvalue weighted by Gasteiger charge is 2.38. The minimum absolute atomic E-state index is 0.268. The molecule has 0 bridgehead atoms. The van der Waals surface area contributed by atoms with Gasteiger partial charge in [-0.15, -0.1) is 0 Å². The van der Waals surface area contributed by atoms with Gasteiger partial charge < -0.3 is 9.79 Å². The van der Waals surface area contributed by atoms with E-state index in [1.807, 2.05) is 13.0 Å². The van der Waals surface area contributed by atoms with Crippen LogP contribution in [0.2, 0.25) is 0 Å². The molecule has 3 N–H and O–H groups in total. The Morgan fingerprint density at radius 2 is 1.50 bits per heavy atom. The van der Waals surface area contributed by atoms with Crippen molar-refractivity contribution in [2.45, 2.75) is 77.6 Å². The van der Waals surface area contributed by atoms with Crippen molar-refractivity contribution >= 4 is 17.7 Å². The van der Waals surface area contributed by atoms with Gasteiger partial charge in [0.15, 0.2) is 4.99 Å². The zero-order valence-electron chi connectivity index (χ0n) is 16.2. The molecule has 0 amide bonds. The molecule has 0 aliphatic carbocycles. The Labute approximate surface area is 158 Å². The van der Waals surface area contributed by atoms with E-state index in [4.69, 9.17) is 14.3 Å². The summed E-state index contributed by atoms with van der Waals surface area (Å²) in [7, 11) is -9.63. The molecule has 0 aliphatic heterocycles. The van der Waals surface area contributed by atoms with E-state index in [0.29, 0.717) is 6.42 Å². The molecular weight excluding hydrogens is 377 g/mol. The zero-order chi connectivity index (χ0) is 20.4. The number of hydrogen-bond donors (Lipinski definition) is 3. The lowest BCUT2D eigenvalue weighted by Gasteiger charge is -2.14. The number of allylic oxidation sites excluding steroid dienone is 6. The van der Waals surface area contributed by atoms with Crippen molar-refractivity contribution in [2.75, 3.05) is 0 Å². The van der Waals surface area contributed by atoms with Crippen LogP contribution in [-0.2, 0) is 14.7 Å². The van der Waals surface area contributed by atoms with Crippen LogP contribution >= 0.6 is 7.60 Å². The topological polar surface area (TPSA) is 112 Å². The van der Waals surface area contributed by atoms with Gasteiger partial charge in [-0.2, -0.15) is 8.42 Å². The Morgan fingerprint density at radius 1 is 1.00 bits per heavy atom. The molecule has 0 radical (unpaired) electrons. The Morgan fingerprint density at radius 3 is 1.96 bits per heavy atom. The molecule has 0 rings (SSSR count). The lowest BCUT2D eigenvalue weighted by atomic mass is 10.1. The van der Waals surface area contributed by atoms with Crippen LogP contribution in [0.25, 0.3) is 0 Å². The Kier molecular flexibility index (Phi) is 11.6. The van der Waals surface area contributed by atoms with E-state index in [-0.39, 0.29) is 12.8 Å². The van der Waals surface area contributed by atoms with E-state index in [0.717, 1.165) is 31.3 Å². The smallest absolute Gasteiger partial charge is 0.323 e. The summed E-state index contributed by atoms with van der Waals surface area (Å²) in [5.41, 5.74) is 3.83. The molecule has 0 saturated carbocycles. The Bertz CT molecular complexity index is 666. The first kappa shape index (κ1) is 25.3. The van der Waals surface area contributed by atoms with Crippen LogP contribution in [0.15, 0.2) is 34.9 Å². The summed E-state index contributed by atoms with van der Waals surface area (Å²) >= 11 is 0. The summed E-state index contributed by atoms with van der Waals surface area (Å²) in [6.45, 7) is 8.28. The van der Waals surface area contributed by atoms with E-state index in [1.54, 1.807) is 0 Å². The molecule has 0 heterocycles. The van der Waals surface area contributed by atoms with Gasteiger partial charge in [-0.25, -0.2) is 0 Å². The highest BCUT2D eigenvalue weighted by molar-refractivity contribution is 7.93. The molecule has 26 heavy (non-hydrogen) atoms. The van der Waals surface area contributed by atoms with Crippen molar-refractivity contribution in [3.05, 3.63) is 34.9 Å². The third-order valence-electron chi connectivity index (χ3n) is 3.99. The minimum Gasteiger partial charge on any atom is -0.323 e. The van der Waals surface area contributed by atoms with Crippen molar-refractivity contribution < 1.29 is 27.3 Å². The summed E-state index contributed by atoms with van der Waals surface area (Å²) < 4.78 is 42.2. The van der Waals surface area contributed by atoms with E-state index in [9.17, 15) is 13.0 Å². The molecule has 0 saturated heterocycles. The lowest BCUT2D eigenvalue weighted by Crippen LogP contribution is -2.20. The van der Waals surface area contributed by atoms with Crippen molar-refractivity contribution in [1.29, 1.82) is 0 Å². The molecule has 6 nitrogen and oxygen atoms in total. The maximum atomic E-state index is 11.2. The normalized spacial score (nSPS) is 15.0. The average Bonchev–Trinajstić information content (AvgIpc) is 2.43. The van der Waals surface area contributed by atoms with Gasteiger partial charge in [-0.05, 0) is 72.6 Å². The monoisotopic (exact) mass is 410 g/mol. The van der Waals surface area contributed by atoms with Crippen molar-refractivity contribution in [2.24, 2.45) is 0 Å². The SMILES string of the molecule is CC(C)=CCC/C(C)=C/CC/C(C)=C/C[14CH2]CC(P(=O)(O)O)S(=O)(=O)O. The highest BCUT2D eigenvalue weighted by atomic mass is 32.2. The fourth-order valence-corrected chi connectivity index (χ4v) is 4.84. The van der Waals surface area contributed by atoms with Gasteiger partial charge in [-0.3, -0.25) is 9.12 Å². The predicted molar refractivity (Wildman–Crippen MR) is 107 cm³/mol. The third-order valence-corrected chi connectivity index (χ3v) is 7.54. The third kappa shape index (κ3) is 12.6. The minimum atomic E-state index is -4.88. The second-order valence-corrected chi connectivity index (χ2v) is 10.7. The predicted octanol–water partition coefficient (Wildman–Crippen LogP) is 4.97. The first-order valence-corrected chi connectivity index (χ1v) is 12.0. The zero-order valence-corrected chi connectivity index (χ0v) is 17.9. The molecule has 0 spiro atoms. The summed E-state index contributed by atoms with van der Waals surface area (Å²) in [5, 5.41) is 0. The van der Waals surface area contributed by atoms with Crippen LogP contribution < -0.4 is 0 Å². The Balaban J connectivity index is 4.30. The number of rotatable bonds is 12. The van der Waals surface area contributed by atoms with Crippen LogP contribution in [0, 0.1) is 0 Å². The van der Waals surface area contributed by atoms with Crippen molar-refractivity contribution in [3.8, 4) is 0 Å². The molecule has 0 aromatic heterocycles. The highest BCUT2D eigenvalue weighted by Crippen LogP contribution is 2.46. The summed E-state index contributed by atoms with van der Waals surface area (Å²) in [4.78, 5) is 16.0. The van der Waals surface area contributed by atoms with Crippen LogP contribution in [0.4, 0.5) is 0 Å². The fourth-order valence-electron chi connectivity index (χ4n) is 2.47. The number of unbranched alkanes of at least 4 members (excludes halogenated alkanes) is 1. The molecule has 1 unspecified atom stereocenters. The van der Waals surface area contributed by atoms with E-state index in [1.165, 1.54) is 11.1 Å². The van der Waals surface area contributed by atoms with Crippen LogP contribution in [0.3, 0.4) is 0 Å². The largest absolute Gasteiger partial charge is 0.346 e. The van der Waals surface area contributed by atoms with Crippen molar-refractivity contribution in [1.82, 2.24) is 0 Å². The molecule has 0 aromatic carbocycles. The van der Waals surface area contributed by atoms with Crippen molar-refractivity contribution in [3.63, 3.8) is 0 Å². The van der Waals surface area contributed by atoms with Gasteiger partial charge in [0, 0.05) is 0 Å². The molecule has 0 fully saturated rings. The first-order valence-electron chi connectivity index (χ1n) is 8.80. The molecule has 1 atom stereocenters. The van der Waals surface area contributed by atoms with Gasteiger partial charge >= 0.3 is 7.60 Å². The Hall–Kier alpha value is -0.720. The van der Waals surface area contributed by atoms with Gasteiger partial charge in [-0.1, -0.05) is 34.9 Å². The maximum absolute atomic E-state index is 11.2. The quantitative estimate of drug-likeness (QED) is 0.181. The van der Waals surface area contributed by atoms with Gasteiger partial charge in [0.25, 0.3) is 10.1 Å². The molecule has 0 aromatic rings. The number of hydrogen-bond acceptors (Lipinski definition) is 3. The van der Waals surface area contributed by atoms with Crippen LogP contribution in [0.5, 0.6) is 0 Å². The second kappa shape index (κ2) is 11.9. The average molecular weight is 410 g/mol. The molecule has 8 heteroatoms. The van der Waals surface area contributed by atoms with E-state index >= 15 is 0 Å². The summed E-state index contributed by atoms with van der Waals surface area (Å²) in [6, 6.07) is 0. The van der Waals surface area contributed by atoms with Crippen LogP contribution in [0.1, 0.15) is 72.6 Å². The second-order valence-electron chi connectivity index (χ2n) is 6.95. The fraction of sp³-hybridized carbons (Fsp3) is 0.667. The van der Waals surface area contributed by atoms with Crippen LogP contribution in [-0.4, -0.2) is 27.7 Å². The van der Waals surface area contributed by atoms with Gasteiger partial charge in [0.05, 0.1) is 0 Å². The van der Waals surface area contributed by atoms with E-state index < -0.39 is 22.7 Å². The molecule has 0 aliphatic rings. The van der Waals surface area contributed by atoms with Gasteiger partial charge in [0.2, 0.25) is 0 Å². The first-order chi connectivity index (χ1) is 11.8. The standard InChI is InChI=1S/C18H33O6PS/c1-15(2)9-7-11-17(4)13-8-12-16(3)10-5-6-14-18(25(19,20)21)26(22,23)24/h9-10,13,18H,5-8,11-12,14H2,1-4H3,(H2,19,20,21)(H,22,23,24)/b16-10+,17-13+/i6+2. The summed E-state index contributed by atoms with van der Waals surface area (Å²) in [6.07, 6.45) is 10.8. The summed E-state index contributed by atoms with van der Waals surface area (Å²) in [5.74, 6) is 0. The van der Waals surface area contributed by atoms with E-state index in [2.05, 4.69) is 32.9 Å². The molecule has 152 valence electrons. The maximum Gasteiger partial charge on any atom is 0.346 e. The lowest BCUT2D eigenvalue weighted by molar-refractivity contribution is 0.360. The van der Waals surface area contributed by atoms with Gasteiger partial charge in [0.1, 0.15) is 0 Å².